The zero-order valence-corrected chi connectivity index (χ0v) is 9.08. The van der Waals surface area contributed by atoms with Crippen LogP contribution in [0.5, 0.6) is 0 Å². The number of hydrogen-bond donors (Lipinski definition) is 1. The molecule has 0 aliphatic carbocycles. The maximum atomic E-state index is 5.60. The number of anilines is 1. The van der Waals surface area contributed by atoms with E-state index in [2.05, 4.69) is 0 Å². The molecule has 0 atom stereocenters. The van der Waals surface area contributed by atoms with Gasteiger partial charge in [-0.1, -0.05) is 23.2 Å². The fourth-order valence-corrected chi connectivity index (χ4v) is 0.813. The summed E-state index contributed by atoms with van der Waals surface area (Å²) < 4.78 is 0. The molecule has 1 aromatic rings. The van der Waals surface area contributed by atoms with Crippen LogP contribution in [-0.2, 0) is 0 Å². The smallest absolute Gasteiger partial charge is 0.0636 e. The molecule has 0 heterocycles. The van der Waals surface area contributed by atoms with Crippen LogP contribution in [0.1, 0.15) is 0 Å². The maximum absolute atomic E-state index is 5.60. The molecule has 0 bridgehead atoms. The van der Waals surface area contributed by atoms with Crippen molar-refractivity contribution in [3.05, 3.63) is 28.2 Å². The molecular formula is C6H5Cl2NNa. The summed E-state index contributed by atoms with van der Waals surface area (Å²) in [4.78, 5) is 0. The molecule has 1 nitrogen and oxygen atoms in total. The molecule has 1 aromatic carbocycles. The fraction of sp³-hybridized carbons (Fsp3) is 0. The normalized spacial score (nSPS) is 8.60. The van der Waals surface area contributed by atoms with Gasteiger partial charge in [-0.05, 0) is 18.2 Å². The van der Waals surface area contributed by atoms with Gasteiger partial charge < -0.3 is 5.73 Å². The Labute approximate surface area is 91.8 Å². The Kier molecular flexibility index (Phi) is 4.74. The standard InChI is InChI=1S/C6H5Cl2N.Na/c7-4-1-2-5(8)6(9)3-4;/h1-3H,9H2;. The first kappa shape index (κ1) is 10.6. The third-order valence-corrected chi connectivity index (χ3v) is 1.54. The van der Waals surface area contributed by atoms with Crippen LogP contribution in [0.3, 0.4) is 0 Å². The summed E-state index contributed by atoms with van der Waals surface area (Å²) in [5, 5.41) is 1.15. The molecule has 0 aliphatic rings. The van der Waals surface area contributed by atoms with Crippen molar-refractivity contribution in [1.29, 1.82) is 0 Å². The van der Waals surface area contributed by atoms with Crippen LogP contribution >= 0.6 is 23.2 Å². The molecule has 2 N–H and O–H groups in total. The minimum Gasteiger partial charge on any atom is -0.397 e. The summed E-state index contributed by atoms with van der Waals surface area (Å²) in [6.07, 6.45) is 0. The number of rotatable bonds is 0. The molecule has 0 saturated carbocycles. The van der Waals surface area contributed by atoms with E-state index in [9.17, 15) is 0 Å². The molecule has 0 aliphatic heterocycles. The van der Waals surface area contributed by atoms with E-state index < -0.39 is 0 Å². The van der Waals surface area contributed by atoms with Crippen molar-refractivity contribution < 1.29 is 0 Å². The van der Waals surface area contributed by atoms with Gasteiger partial charge in [0.15, 0.2) is 0 Å². The summed E-state index contributed by atoms with van der Waals surface area (Å²) in [6, 6.07) is 4.98. The zero-order chi connectivity index (χ0) is 6.85. The molecule has 10 heavy (non-hydrogen) atoms. The van der Waals surface area contributed by atoms with Gasteiger partial charge in [0, 0.05) is 34.6 Å². The van der Waals surface area contributed by atoms with Crippen molar-refractivity contribution in [3.63, 3.8) is 0 Å². The molecule has 0 amide bonds. The Morgan fingerprint density at radius 3 is 2.20 bits per heavy atom. The second-order valence-corrected chi connectivity index (χ2v) is 2.51. The average molecular weight is 185 g/mol. The molecule has 49 valence electrons. The van der Waals surface area contributed by atoms with E-state index in [0.717, 1.165) is 0 Å². The minimum atomic E-state index is 0. The van der Waals surface area contributed by atoms with E-state index in [4.69, 9.17) is 28.9 Å². The number of benzene rings is 1. The quantitative estimate of drug-likeness (QED) is 0.486. The molecular weight excluding hydrogens is 180 g/mol. The van der Waals surface area contributed by atoms with Crippen molar-refractivity contribution >= 4 is 58.4 Å². The van der Waals surface area contributed by atoms with Gasteiger partial charge in [0.05, 0.1) is 10.7 Å². The second-order valence-electron chi connectivity index (χ2n) is 1.67. The summed E-state index contributed by atoms with van der Waals surface area (Å²) in [5.41, 5.74) is 5.92. The van der Waals surface area contributed by atoms with Crippen LogP contribution in [-0.4, -0.2) is 29.6 Å². The first-order chi connectivity index (χ1) is 4.20. The van der Waals surface area contributed by atoms with Crippen molar-refractivity contribution in [2.75, 3.05) is 5.73 Å². The second kappa shape index (κ2) is 4.47. The summed E-state index contributed by atoms with van der Waals surface area (Å²) in [5.74, 6) is 0. The zero-order valence-electron chi connectivity index (χ0n) is 5.57. The third kappa shape index (κ3) is 2.69. The third-order valence-electron chi connectivity index (χ3n) is 0.958. The first-order valence-electron chi connectivity index (χ1n) is 2.40. The Hall–Kier alpha value is 0.600. The summed E-state index contributed by atoms with van der Waals surface area (Å²) >= 11 is 11.2. The molecule has 0 saturated heterocycles. The van der Waals surface area contributed by atoms with Gasteiger partial charge in [0.1, 0.15) is 0 Å². The van der Waals surface area contributed by atoms with Gasteiger partial charge in [-0.3, -0.25) is 0 Å². The van der Waals surface area contributed by atoms with Gasteiger partial charge in [0.25, 0.3) is 0 Å². The van der Waals surface area contributed by atoms with Gasteiger partial charge in [-0.15, -0.1) is 0 Å². The van der Waals surface area contributed by atoms with Crippen LogP contribution < -0.4 is 5.73 Å². The van der Waals surface area contributed by atoms with E-state index in [1.807, 2.05) is 0 Å². The number of nitrogen functional groups attached to an aromatic ring is 1. The Morgan fingerprint density at radius 2 is 1.80 bits per heavy atom. The molecule has 1 rings (SSSR count). The van der Waals surface area contributed by atoms with Crippen LogP contribution in [0, 0.1) is 0 Å². The molecule has 4 heteroatoms. The number of nitrogens with two attached hydrogens (primary N) is 1. The van der Waals surface area contributed by atoms with Gasteiger partial charge >= 0.3 is 0 Å². The van der Waals surface area contributed by atoms with Gasteiger partial charge in [0.2, 0.25) is 0 Å². The molecule has 0 aromatic heterocycles. The van der Waals surface area contributed by atoms with Crippen LogP contribution in [0.15, 0.2) is 18.2 Å². The topological polar surface area (TPSA) is 26.0 Å². The van der Waals surface area contributed by atoms with Crippen molar-refractivity contribution in [2.24, 2.45) is 0 Å². The maximum Gasteiger partial charge on any atom is 0.0636 e. The summed E-state index contributed by atoms with van der Waals surface area (Å²) in [6.45, 7) is 0. The Balaban J connectivity index is 0.000000810. The first-order valence-corrected chi connectivity index (χ1v) is 3.16. The summed E-state index contributed by atoms with van der Waals surface area (Å²) in [7, 11) is 0. The predicted octanol–water partition coefficient (Wildman–Crippen LogP) is 2.19. The van der Waals surface area contributed by atoms with Crippen molar-refractivity contribution in [3.8, 4) is 0 Å². The number of halogens is 2. The molecule has 0 unspecified atom stereocenters. The van der Waals surface area contributed by atoms with Crippen LogP contribution in [0.4, 0.5) is 5.69 Å². The Bertz CT molecular complexity index is 227. The van der Waals surface area contributed by atoms with E-state index in [1.165, 1.54) is 0 Å². The molecule has 0 spiro atoms. The molecule has 0 fully saturated rings. The minimum absolute atomic E-state index is 0. The SMILES string of the molecule is Nc1cc(Cl)ccc1Cl.[Na]. The largest absolute Gasteiger partial charge is 0.397 e. The predicted molar refractivity (Wildman–Crippen MR) is 46.6 cm³/mol. The molecule has 1 radical (unpaired) electrons. The van der Waals surface area contributed by atoms with E-state index in [1.54, 1.807) is 18.2 Å². The number of hydrogen-bond acceptors (Lipinski definition) is 1. The van der Waals surface area contributed by atoms with Gasteiger partial charge in [-0.25, -0.2) is 0 Å². The van der Waals surface area contributed by atoms with Gasteiger partial charge in [-0.2, -0.15) is 0 Å². The van der Waals surface area contributed by atoms with E-state index >= 15 is 0 Å². The monoisotopic (exact) mass is 184 g/mol. The average Bonchev–Trinajstić information content (AvgIpc) is 1.80. The Morgan fingerprint density at radius 1 is 1.20 bits per heavy atom. The van der Waals surface area contributed by atoms with Crippen LogP contribution in [0.25, 0.3) is 0 Å². The van der Waals surface area contributed by atoms with Crippen molar-refractivity contribution in [1.82, 2.24) is 0 Å². The van der Waals surface area contributed by atoms with Crippen LogP contribution in [0.2, 0.25) is 10.0 Å². The van der Waals surface area contributed by atoms with E-state index in [-0.39, 0.29) is 29.6 Å². The van der Waals surface area contributed by atoms with Crippen molar-refractivity contribution in [2.45, 2.75) is 0 Å². The van der Waals surface area contributed by atoms with E-state index in [0.29, 0.717) is 15.7 Å². The fourth-order valence-electron chi connectivity index (χ4n) is 0.515.